The molecule has 0 radical (unpaired) electrons. The highest BCUT2D eigenvalue weighted by atomic mass is 15.0. The summed E-state index contributed by atoms with van der Waals surface area (Å²) in [6, 6.07) is 18.5. The predicted octanol–water partition coefficient (Wildman–Crippen LogP) is 3.47. The van der Waals surface area contributed by atoms with Crippen LogP contribution in [0.4, 0.5) is 0 Å². The Kier molecular flexibility index (Phi) is 4.03. The highest BCUT2D eigenvalue weighted by molar-refractivity contribution is 5.63. The van der Waals surface area contributed by atoms with Crippen molar-refractivity contribution in [2.24, 2.45) is 17.4 Å². The van der Waals surface area contributed by atoms with Crippen molar-refractivity contribution in [1.29, 1.82) is 0 Å². The molecule has 0 amide bonds. The number of hydrogen-bond acceptors (Lipinski definition) is 2. The van der Waals surface area contributed by atoms with Gasteiger partial charge in [-0.25, -0.2) is 0 Å². The minimum Gasteiger partial charge on any atom is -0.309 e. The first-order valence-corrected chi connectivity index (χ1v) is 6.79. The van der Waals surface area contributed by atoms with E-state index in [1.165, 1.54) is 11.1 Å². The normalized spacial score (nSPS) is 13.3. The largest absolute Gasteiger partial charge is 0.309 e. The molecule has 2 aromatic rings. The lowest BCUT2D eigenvalue weighted by molar-refractivity contribution is 0.297. The fourth-order valence-corrected chi connectivity index (χ4v) is 2.20. The monoisotopic (exact) mass is 254 g/mol. The van der Waals surface area contributed by atoms with Crippen LogP contribution in [0.25, 0.3) is 11.1 Å². The third-order valence-electron chi connectivity index (χ3n) is 3.92. The van der Waals surface area contributed by atoms with Crippen LogP contribution >= 0.6 is 0 Å². The average molecular weight is 254 g/mol. The lowest BCUT2D eigenvalue weighted by Gasteiger charge is -2.31. The first-order chi connectivity index (χ1) is 9.05. The van der Waals surface area contributed by atoms with Gasteiger partial charge in [-0.3, -0.25) is 0 Å². The topological polar surface area (TPSA) is 52.0 Å². The number of rotatable bonds is 4. The van der Waals surface area contributed by atoms with E-state index in [2.05, 4.69) is 38.1 Å². The van der Waals surface area contributed by atoms with Crippen LogP contribution < -0.4 is 11.5 Å². The minimum atomic E-state index is -0.760. The van der Waals surface area contributed by atoms with Crippen molar-refractivity contribution in [2.75, 3.05) is 0 Å². The third kappa shape index (κ3) is 2.86. The van der Waals surface area contributed by atoms with Gasteiger partial charge in [-0.2, -0.15) is 0 Å². The van der Waals surface area contributed by atoms with Crippen molar-refractivity contribution in [1.82, 2.24) is 0 Å². The fourth-order valence-electron chi connectivity index (χ4n) is 2.20. The maximum Gasteiger partial charge on any atom is 0.0925 e. The molecule has 1 unspecified atom stereocenters. The molecular formula is C17H22N2. The maximum atomic E-state index is 6.26. The van der Waals surface area contributed by atoms with Crippen LogP contribution in [0.3, 0.4) is 0 Å². The Morgan fingerprint density at radius 1 is 0.895 bits per heavy atom. The van der Waals surface area contributed by atoms with E-state index in [1.807, 2.05) is 30.3 Å². The van der Waals surface area contributed by atoms with Gasteiger partial charge >= 0.3 is 0 Å². The Hall–Kier alpha value is -1.64. The van der Waals surface area contributed by atoms with E-state index in [0.717, 1.165) is 12.0 Å². The first kappa shape index (κ1) is 13.8. The molecule has 2 nitrogen and oxygen atoms in total. The van der Waals surface area contributed by atoms with Gasteiger partial charge in [-0.1, -0.05) is 74.9 Å². The Labute approximate surface area is 115 Å². The van der Waals surface area contributed by atoms with Crippen molar-refractivity contribution < 1.29 is 0 Å². The van der Waals surface area contributed by atoms with Crippen molar-refractivity contribution >= 4 is 0 Å². The first-order valence-electron chi connectivity index (χ1n) is 6.79. The molecule has 0 bridgehead atoms. The molecular weight excluding hydrogens is 232 g/mol. The van der Waals surface area contributed by atoms with E-state index in [1.54, 1.807) is 0 Å². The molecule has 100 valence electrons. The third-order valence-corrected chi connectivity index (χ3v) is 3.92. The van der Waals surface area contributed by atoms with E-state index >= 15 is 0 Å². The molecule has 2 rings (SSSR count). The Bertz CT molecular complexity index is 515. The molecule has 0 saturated carbocycles. The zero-order valence-corrected chi connectivity index (χ0v) is 11.6. The SMILES string of the molecule is CCC(C)C(N)(N)c1ccc(-c2ccccc2)cc1. The summed E-state index contributed by atoms with van der Waals surface area (Å²) in [5.41, 5.74) is 15.1. The summed E-state index contributed by atoms with van der Waals surface area (Å²) < 4.78 is 0. The van der Waals surface area contributed by atoms with Crippen molar-refractivity contribution in [2.45, 2.75) is 25.9 Å². The number of benzene rings is 2. The van der Waals surface area contributed by atoms with Crippen LogP contribution in [0, 0.1) is 5.92 Å². The predicted molar refractivity (Wildman–Crippen MR) is 81.4 cm³/mol. The summed E-state index contributed by atoms with van der Waals surface area (Å²) in [6.07, 6.45) is 0.966. The van der Waals surface area contributed by atoms with Gasteiger partial charge in [0, 0.05) is 0 Å². The highest BCUT2D eigenvalue weighted by Gasteiger charge is 2.27. The summed E-state index contributed by atoms with van der Waals surface area (Å²) in [4.78, 5) is 0. The Balaban J connectivity index is 2.29. The van der Waals surface area contributed by atoms with Crippen molar-refractivity contribution in [3.63, 3.8) is 0 Å². The second-order valence-corrected chi connectivity index (χ2v) is 5.19. The molecule has 2 heteroatoms. The van der Waals surface area contributed by atoms with E-state index in [9.17, 15) is 0 Å². The summed E-state index contributed by atoms with van der Waals surface area (Å²) in [6.45, 7) is 4.20. The van der Waals surface area contributed by atoms with E-state index in [4.69, 9.17) is 11.5 Å². The van der Waals surface area contributed by atoms with Gasteiger partial charge in [-0.15, -0.1) is 0 Å². The molecule has 0 aliphatic heterocycles. The van der Waals surface area contributed by atoms with Gasteiger partial charge in [0.1, 0.15) is 0 Å². The molecule has 0 saturated heterocycles. The average Bonchev–Trinajstić information content (AvgIpc) is 2.47. The minimum absolute atomic E-state index is 0.245. The number of nitrogens with two attached hydrogens (primary N) is 2. The smallest absolute Gasteiger partial charge is 0.0925 e. The molecule has 0 aliphatic carbocycles. The van der Waals surface area contributed by atoms with Crippen LogP contribution in [0.15, 0.2) is 54.6 Å². The molecule has 1 atom stereocenters. The molecule has 2 aromatic carbocycles. The Morgan fingerprint density at radius 3 is 1.95 bits per heavy atom. The molecule has 0 spiro atoms. The number of hydrogen-bond donors (Lipinski definition) is 2. The van der Waals surface area contributed by atoms with E-state index in [-0.39, 0.29) is 5.92 Å². The van der Waals surface area contributed by atoms with Crippen LogP contribution in [0.2, 0.25) is 0 Å². The zero-order valence-electron chi connectivity index (χ0n) is 11.6. The molecule has 19 heavy (non-hydrogen) atoms. The summed E-state index contributed by atoms with van der Waals surface area (Å²) in [5.74, 6) is 0.245. The van der Waals surface area contributed by atoms with Gasteiger partial charge in [0.15, 0.2) is 0 Å². The molecule has 0 aromatic heterocycles. The second kappa shape index (κ2) is 5.55. The van der Waals surface area contributed by atoms with Gasteiger partial charge < -0.3 is 11.5 Å². The van der Waals surface area contributed by atoms with Crippen LogP contribution in [-0.4, -0.2) is 0 Å². The molecule has 0 aliphatic rings. The standard InChI is InChI=1S/C17H22N2/c1-3-13(2)17(18,19)16-11-9-15(10-12-16)14-7-5-4-6-8-14/h4-13H,3,18-19H2,1-2H3. The zero-order chi connectivity index (χ0) is 13.9. The Morgan fingerprint density at radius 2 is 1.42 bits per heavy atom. The van der Waals surface area contributed by atoms with E-state index in [0.29, 0.717) is 0 Å². The summed E-state index contributed by atoms with van der Waals surface area (Å²) in [5, 5.41) is 0. The lowest BCUT2D eigenvalue weighted by atomic mass is 9.86. The van der Waals surface area contributed by atoms with E-state index < -0.39 is 5.66 Å². The van der Waals surface area contributed by atoms with Gasteiger partial charge in [0.05, 0.1) is 5.66 Å². The van der Waals surface area contributed by atoms with Crippen LogP contribution in [0.5, 0.6) is 0 Å². The van der Waals surface area contributed by atoms with Crippen molar-refractivity contribution in [3.05, 3.63) is 60.2 Å². The highest BCUT2D eigenvalue weighted by Crippen LogP contribution is 2.26. The lowest BCUT2D eigenvalue weighted by Crippen LogP contribution is -2.51. The molecule has 0 fully saturated rings. The van der Waals surface area contributed by atoms with Crippen LogP contribution in [0.1, 0.15) is 25.8 Å². The van der Waals surface area contributed by atoms with Gasteiger partial charge in [-0.05, 0) is 22.6 Å². The van der Waals surface area contributed by atoms with Gasteiger partial charge in [0.25, 0.3) is 0 Å². The van der Waals surface area contributed by atoms with Crippen molar-refractivity contribution in [3.8, 4) is 11.1 Å². The molecule has 4 N–H and O–H groups in total. The van der Waals surface area contributed by atoms with Gasteiger partial charge in [0.2, 0.25) is 0 Å². The second-order valence-electron chi connectivity index (χ2n) is 5.19. The maximum absolute atomic E-state index is 6.26. The molecule has 0 heterocycles. The fraction of sp³-hybridized carbons (Fsp3) is 0.294. The van der Waals surface area contributed by atoms with Crippen LogP contribution in [-0.2, 0) is 5.66 Å². The quantitative estimate of drug-likeness (QED) is 0.821. The summed E-state index contributed by atoms with van der Waals surface area (Å²) in [7, 11) is 0. The summed E-state index contributed by atoms with van der Waals surface area (Å²) >= 11 is 0.